The number of hydrogen-bond donors (Lipinski definition) is 1. The van der Waals surface area contributed by atoms with Crippen LogP contribution in [0.5, 0.6) is 0 Å². The molecule has 1 heterocycles. The monoisotopic (exact) mass is 209 g/mol. The first-order valence-electron chi connectivity index (χ1n) is 4.55. The van der Waals surface area contributed by atoms with Gasteiger partial charge in [-0.25, -0.2) is 8.42 Å². The fourth-order valence-electron chi connectivity index (χ4n) is 1.88. The highest BCUT2D eigenvalue weighted by Gasteiger charge is 2.31. The van der Waals surface area contributed by atoms with Gasteiger partial charge in [-0.05, 0) is 31.2 Å². The largest absolute Gasteiger partial charge is 0.330 e. The van der Waals surface area contributed by atoms with Gasteiger partial charge in [0, 0.05) is 0 Å². The molecule has 3 nitrogen and oxygen atoms in total. The minimum Gasteiger partial charge on any atom is -0.330 e. The van der Waals surface area contributed by atoms with Crippen LogP contribution in [-0.2, 0) is 9.84 Å². The van der Waals surface area contributed by atoms with Crippen LogP contribution >= 0.6 is 0 Å². The summed E-state index contributed by atoms with van der Waals surface area (Å²) in [7, 11) is -2.92. The molecule has 5 heteroatoms. The fourth-order valence-corrected chi connectivity index (χ4v) is 3.80. The van der Waals surface area contributed by atoms with E-state index in [1.807, 2.05) is 0 Å². The van der Waals surface area contributed by atoms with Crippen molar-refractivity contribution in [2.75, 3.05) is 24.7 Å². The highest BCUT2D eigenvalue weighted by Crippen LogP contribution is 2.26. The molecule has 1 aliphatic rings. The van der Waals surface area contributed by atoms with Crippen LogP contribution in [0.25, 0.3) is 0 Å². The molecule has 0 saturated carbocycles. The van der Waals surface area contributed by atoms with Gasteiger partial charge < -0.3 is 5.73 Å². The summed E-state index contributed by atoms with van der Waals surface area (Å²) < 4.78 is 34.6. The molecule has 0 aromatic rings. The van der Waals surface area contributed by atoms with Gasteiger partial charge in [-0.1, -0.05) is 0 Å². The van der Waals surface area contributed by atoms with Crippen molar-refractivity contribution in [2.24, 2.45) is 17.6 Å². The predicted molar refractivity (Wildman–Crippen MR) is 49.9 cm³/mol. The Morgan fingerprint density at radius 1 is 1.38 bits per heavy atom. The number of halogens is 1. The van der Waals surface area contributed by atoms with Gasteiger partial charge in [-0.15, -0.1) is 0 Å². The van der Waals surface area contributed by atoms with Crippen molar-refractivity contribution in [3.63, 3.8) is 0 Å². The van der Waals surface area contributed by atoms with Crippen molar-refractivity contribution in [1.82, 2.24) is 0 Å². The second kappa shape index (κ2) is 4.37. The van der Waals surface area contributed by atoms with E-state index in [4.69, 9.17) is 5.73 Å². The van der Waals surface area contributed by atoms with Crippen LogP contribution in [0.3, 0.4) is 0 Å². The lowest BCUT2D eigenvalue weighted by molar-refractivity contribution is 0.293. The summed E-state index contributed by atoms with van der Waals surface area (Å²) in [6.07, 6.45) is 0.935. The van der Waals surface area contributed by atoms with E-state index in [0.29, 0.717) is 19.4 Å². The number of hydrogen-bond acceptors (Lipinski definition) is 3. The van der Waals surface area contributed by atoms with Crippen LogP contribution in [0.2, 0.25) is 0 Å². The zero-order chi connectivity index (χ0) is 9.90. The fraction of sp³-hybridized carbons (Fsp3) is 1.00. The molecule has 78 valence electrons. The molecule has 1 rings (SSSR count). The lowest BCUT2D eigenvalue weighted by atomic mass is 9.89. The molecular formula is C8H16FNO2S. The van der Waals surface area contributed by atoms with Gasteiger partial charge in [0.2, 0.25) is 0 Å². The molecule has 0 amide bonds. The Labute approximate surface area is 78.4 Å². The number of rotatable bonds is 3. The van der Waals surface area contributed by atoms with Crippen molar-refractivity contribution >= 4 is 9.84 Å². The van der Waals surface area contributed by atoms with Gasteiger partial charge in [0.15, 0.2) is 9.84 Å². The minimum absolute atomic E-state index is 0.0613. The van der Waals surface area contributed by atoms with Crippen LogP contribution in [-0.4, -0.2) is 33.1 Å². The summed E-state index contributed by atoms with van der Waals surface area (Å²) in [5.74, 6) is 0.476. The molecule has 0 spiro atoms. The first-order chi connectivity index (χ1) is 6.09. The van der Waals surface area contributed by atoms with E-state index in [-0.39, 0.29) is 23.3 Å². The zero-order valence-corrected chi connectivity index (χ0v) is 8.39. The normalized spacial score (nSPS) is 33.1. The van der Waals surface area contributed by atoms with E-state index in [0.717, 1.165) is 0 Å². The van der Waals surface area contributed by atoms with Gasteiger partial charge in [0.1, 0.15) is 0 Å². The molecule has 0 aromatic carbocycles. The van der Waals surface area contributed by atoms with Crippen molar-refractivity contribution in [3.05, 3.63) is 0 Å². The van der Waals surface area contributed by atoms with Crippen LogP contribution < -0.4 is 5.73 Å². The maximum Gasteiger partial charge on any atom is 0.150 e. The van der Waals surface area contributed by atoms with E-state index in [1.165, 1.54) is 0 Å². The van der Waals surface area contributed by atoms with Crippen molar-refractivity contribution in [2.45, 2.75) is 12.8 Å². The zero-order valence-electron chi connectivity index (χ0n) is 7.58. The van der Waals surface area contributed by atoms with Crippen molar-refractivity contribution < 1.29 is 12.8 Å². The quantitative estimate of drug-likeness (QED) is 0.730. The van der Waals surface area contributed by atoms with Gasteiger partial charge in [-0.2, -0.15) is 0 Å². The maximum atomic E-state index is 12.1. The van der Waals surface area contributed by atoms with Crippen LogP contribution in [0.4, 0.5) is 4.39 Å². The summed E-state index contributed by atoms with van der Waals surface area (Å²) in [5, 5.41) is 0. The van der Waals surface area contributed by atoms with Crippen molar-refractivity contribution in [3.8, 4) is 0 Å². The standard InChI is InChI=1S/C8H16FNO2S/c9-3-1-8-6-13(11,12)4-2-7(8)5-10/h7-8H,1-6,10H2. The molecule has 2 atom stereocenters. The van der Waals surface area contributed by atoms with Gasteiger partial charge >= 0.3 is 0 Å². The third-order valence-electron chi connectivity index (χ3n) is 2.72. The molecule has 0 bridgehead atoms. The molecular weight excluding hydrogens is 193 g/mol. The number of nitrogens with two attached hydrogens (primary N) is 1. The number of sulfone groups is 1. The first kappa shape index (κ1) is 10.9. The molecule has 1 saturated heterocycles. The average Bonchev–Trinajstić information content (AvgIpc) is 2.04. The van der Waals surface area contributed by atoms with Crippen LogP contribution in [0, 0.1) is 11.8 Å². The van der Waals surface area contributed by atoms with Crippen molar-refractivity contribution in [1.29, 1.82) is 0 Å². The topological polar surface area (TPSA) is 60.2 Å². The average molecular weight is 209 g/mol. The maximum absolute atomic E-state index is 12.1. The molecule has 0 aliphatic carbocycles. The highest BCUT2D eigenvalue weighted by atomic mass is 32.2. The van der Waals surface area contributed by atoms with E-state index < -0.39 is 16.5 Å². The van der Waals surface area contributed by atoms with E-state index >= 15 is 0 Å². The molecule has 2 N–H and O–H groups in total. The second-order valence-corrected chi connectivity index (χ2v) is 5.87. The lowest BCUT2D eigenvalue weighted by Gasteiger charge is -2.29. The Balaban J connectivity index is 2.63. The van der Waals surface area contributed by atoms with E-state index in [9.17, 15) is 12.8 Å². The Bertz CT molecular complexity index is 253. The van der Waals surface area contributed by atoms with Crippen LogP contribution in [0.1, 0.15) is 12.8 Å². The second-order valence-electron chi connectivity index (χ2n) is 3.64. The molecule has 0 aromatic heterocycles. The predicted octanol–water partition coefficient (Wildman–Crippen LogP) is 0.356. The van der Waals surface area contributed by atoms with Gasteiger partial charge in [0.05, 0.1) is 18.2 Å². The van der Waals surface area contributed by atoms with Gasteiger partial charge in [0.25, 0.3) is 0 Å². The smallest absolute Gasteiger partial charge is 0.150 e. The summed E-state index contributed by atoms with van der Waals surface area (Å²) in [6.45, 7) is 0.0247. The van der Waals surface area contributed by atoms with Crippen LogP contribution in [0.15, 0.2) is 0 Å². The Morgan fingerprint density at radius 2 is 2.08 bits per heavy atom. The third-order valence-corrected chi connectivity index (χ3v) is 4.51. The van der Waals surface area contributed by atoms with Gasteiger partial charge in [-0.3, -0.25) is 4.39 Å². The Hall–Kier alpha value is -0.160. The first-order valence-corrected chi connectivity index (χ1v) is 6.37. The SMILES string of the molecule is NCC1CCS(=O)(=O)CC1CCF. The Morgan fingerprint density at radius 3 is 2.62 bits per heavy atom. The summed E-state index contributed by atoms with van der Waals surface area (Å²) in [5.41, 5.74) is 5.50. The lowest BCUT2D eigenvalue weighted by Crippen LogP contribution is -2.36. The third kappa shape index (κ3) is 2.91. The van der Waals surface area contributed by atoms with E-state index in [2.05, 4.69) is 0 Å². The Kier molecular flexibility index (Phi) is 3.67. The number of alkyl halides is 1. The van der Waals surface area contributed by atoms with E-state index in [1.54, 1.807) is 0 Å². The molecule has 0 radical (unpaired) electrons. The summed E-state index contributed by atoms with van der Waals surface area (Å²) >= 11 is 0. The molecule has 1 fully saturated rings. The summed E-state index contributed by atoms with van der Waals surface area (Å²) in [4.78, 5) is 0. The summed E-state index contributed by atoms with van der Waals surface area (Å²) in [6, 6.07) is 0. The molecule has 2 unspecified atom stereocenters. The molecule has 13 heavy (non-hydrogen) atoms. The highest BCUT2D eigenvalue weighted by molar-refractivity contribution is 7.91. The minimum atomic E-state index is -2.92. The molecule has 1 aliphatic heterocycles.